The first-order valence-corrected chi connectivity index (χ1v) is 8.19. The fourth-order valence-corrected chi connectivity index (χ4v) is 6.00. The van der Waals surface area contributed by atoms with Gasteiger partial charge in [0.05, 0.1) is 9.21 Å². The molecule has 0 amide bonds. The van der Waals surface area contributed by atoms with E-state index in [1.165, 1.54) is 43.4 Å². The Balaban J connectivity index is 1.63. The zero-order valence-corrected chi connectivity index (χ0v) is 11.8. The molecule has 4 aliphatic carbocycles. The Hall–Kier alpha value is -0.340. The maximum Gasteiger partial charge on any atom is 0.176 e. The highest BCUT2D eigenvalue weighted by molar-refractivity contribution is 7.18. The van der Waals surface area contributed by atoms with Crippen molar-refractivity contribution < 1.29 is 4.79 Å². The number of rotatable bonds is 2. The molecule has 5 rings (SSSR count). The predicted octanol–water partition coefficient (Wildman–Crippen LogP) is 4.66. The second-order valence-corrected chi connectivity index (χ2v) is 8.14. The van der Waals surface area contributed by atoms with Crippen molar-refractivity contribution in [1.82, 2.24) is 0 Å². The first-order chi connectivity index (χ1) is 8.70. The number of thiophene rings is 1. The quantitative estimate of drug-likeness (QED) is 0.720. The van der Waals surface area contributed by atoms with Crippen LogP contribution in [0.2, 0.25) is 4.34 Å². The molecule has 4 fully saturated rings. The smallest absolute Gasteiger partial charge is 0.176 e. The maximum absolute atomic E-state index is 12.7. The molecule has 1 nitrogen and oxygen atoms in total. The van der Waals surface area contributed by atoms with Gasteiger partial charge in [-0.15, -0.1) is 11.3 Å². The molecule has 1 aromatic rings. The second-order valence-electron chi connectivity index (χ2n) is 6.42. The Bertz CT molecular complexity index is 464. The third kappa shape index (κ3) is 1.69. The van der Waals surface area contributed by atoms with Gasteiger partial charge in [0.1, 0.15) is 0 Å². The molecule has 0 saturated heterocycles. The number of hydrogen-bond acceptors (Lipinski definition) is 2. The Labute approximate surface area is 117 Å². The van der Waals surface area contributed by atoms with Crippen LogP contribution in [0.4, 0.5) is 0 Å². The Morgan fingerprint density at radius 3 is 2.17 bits per heavy atom. The van der Waals surface area contributed by atoms with E-state index in [9.17, 15) is 4.79 Å². The first-order valence-electron chi connectivity index (χ1n) is 7.00. The number of ketones is 1. The van der Waals surface area contributed by atoms with Crippen molar-refractivity contribution in [3.63, 3.8) is 0 Å². The maximum atomic E-state index is 12.7. The molecule has 0 aliphatic heterocycles. The van der Waals surface area contributed by atoms with Crippen molar-refractivity contribution in [3.05, 3.63) is 21.3 Å². The number of carbonyl (C=O) groups is 1. The zero-order valence-electron chi connectivity index (χ0n) is 10.3. The van der Waals surface area contributed by atoms with E-state index in [1.807, 2.05) is 12.1 Å². The molecule has 4 saturated carbocycles. The highest BCUT2D eigenvalue weighted by Gasteiger charge is 2.50. The summed E-state index contributed by atoms with van der Waals surface area (Å²) in [6.07, 6.45) is 6.68. The van der Waals surface area contributed by atoms with Crippen LogP contribution in [-0.4, -0.2) is 5.78 Å². The second kappa shape index (κ2) is 4.08. The Kier molecular flexibility index (Phi) is 2.60. The highest BCUT2D eigenvalue weighted by atomic mass is 35.5. The van der Waals surface area contributed by atoms with E-state index in [0.717, 1.165) is 21.0 Å². The van der Waals surface area contributed by atoms with Crippen LogP contribution >= 0.6 is 22.9 Å². The fourth-order valence-electron chi connectivity index (χ4n) is 4.96. The number of carbonyl (C=O) groups excluding carboxylic acids is 1. The minimum Gasteiger partial charge on any atom is -0.293 e. The van der Waals surface area contributed by atoms with Gasteiger partial charge in [0.2, 0.25) is 0 Å². The summed E-state index contributed by atoms with van der Waals surface area (Å²) >= 11 is 7.42. The molecule has 0 N–H and O–H groups in total. The summed E-state index contributed by atoms with van der Waals surface area (Å²) in [5.74, 6) is 3.92. The van der Waals surface area contributed by atoms with Gasteiger partial charge in [-0.3, -0.25) is 4.79 Å². The van der Waals surface area contributed by atoms with Crippen LogP contribution < -0.4 is 0 Å². The third-order valence-electron chi connectivity index (χ3n) is 5.35. The van der Waals surface area contributed by atoms with Gasteiger partial charge in [0.15, 0.2) is 5.78 Å². The number of Topliss-reactive ketones (excluding diaryl/α,β-unsaturated/α-hetero) is 1. The molecule has 4 bridgehead atoms. The molecule has 3 heteroatoms. The van der Waals surface area contributed by atoms with Gasteiger partial charge < -0.3 is 0 Å². The summed E-state index contributed by atoms with van der Waals surface area (Å²) in [5.41, 5.74) is 0. The molecule has 0 spiro atoms. The van der Waals surface area contributed by atoms with E-state index in [2.05, 4.69) is 0 Å². The summed E-state index contributed by atoms with van der Waals surface area (Å²) in [6.45, 7) is 0. The van der Waals surface area contributed by atoms with Gasteiger partial charge in [-0.05, 0) is 67.9 Å². The lowest BCUT2D eigenvalue weighted by molar-refractivity contribution is -0.0249. The van der Waals surface area contributed by atoms with E-state index in [4.69, 9.17) is 11.6 Å². The van der Waals surface area contributed by atoms with Crippen LogP contribution in [0.1, 0.15) is 41.8 Å². The molecule has 1 aromatic heterocycles. The highest BCUT2D eigenvalue weighted by Crippen LogP contribution is 2.57. The molecular formula is C15H17ClOS. The summed E-state index contributed by atoms with van der Waals surface area (Å²) in [7, 11) is 0. The van der Waals surface area contributed by atoms with Crippen LogP contribution in [0, 0.1) is 29.6 Å². The number of halogens is 1. The van der Waals surface area contributed by atoms with Crippen LogP contribution in [0.25, 0.3) is 0 Å². The zero-order chi connectivity index (χ0) is 12.3. The van der Waals surface area contributed by atoms with E-state index in [1.54, 1.807) is 0 Å². The van der Waals surface area contributed by atoms with Crippen molar-refractivity contribution in [2.75, 3.05) is 0 Å². The van der Waals surface area contributed by atoms with Crippen molar-refractivity contribution in [3.8, 4) is 0 Å². The van der Waals surface area contributed by atoms with Crippen molar-refractivity contribution in [2.24, 2.45) is 29.6 Å². The lowest BCUT2D eigenvalue weighted by atomic mass is 9.51. The molecule has 4 aliphatic rings. The molecule has 0 radical (unpaired) electrons. The van der Waals surface area contributed by atoms with E-state index in [0.29, 0.717) is 23.5 Å². The van der Waals surface area contributed by atoms with Gasteiger partial charge in [-0.25, -0.2) is 0 Å². The van der Waals surface area contributed by atoms with Crippen LogP contribution in [0.15, 0.2) is 12.1 Å². The third-order valence-corrected chi connectivity index (χ3v) is 6.59. The minimum absolute atomic E-state index is 0.313. The molecular weight excluding hydrogens is 264 g/mol. The van der Waals surface area contributed by atoms with Gasteiger partial charge in [0.25, 0.3) is 0 Å². The van der Waals surface area contributed by atoms with Crippen molar-refractivity contribution in [1.29, 1.82) is 0 Å². The summed E-state index contributed by atoms with van der Waals surface area (Å²) in [4.78, 5) is 13.6. The lowest BCUT2D eigenvalue weighted by Gasteiger charge is -2.53. The summed E-state index contributed by atoms with van der Waals surface area (Å²) < 4.78 is 0.738. The average molecular weight is 281 g/mol. The molecule has 0 atom stereocenters. The Morgan fingerprint density at radius 2 is 1.67 bits per heavy atom. The SMILES string of the molecule is O=C(c1ccc(Cl)s1)C1C2CC3CC(C2)CC1C3. The topological polar surface area (TPSA) is 17.1 Å². The lowest BCUT2D eigenvalue weighted by Crippen LogP contribution is -2.47. The van der Waals surface area contributed by atoms with Crippen LogP contribution in [0.5, 0.6) is 0 Å². The molecule has 96 valence electrons. The molecule has 0 unspecified atom stereocenters. The monoisotopic (exact) mass is 280 g/mol. The predicted molar refractivity (Wildman–Crippen MR) is 74.2 cm³/mol. The van der Waals surface area contributed by atoms with E-state index in [-0.39, 0.29) is 0 Å². The summed E-state index contributed by atoms with van der Waals surface area (Å²) in [6, 6.07) is 3.77. The minimum atomic E-state index is 0.313. The van der Waals surface area contributed by atoms with Crippen LogP contribution in [0.3, 0.4) is 0 Å². The van der Waals surface area contributed by atoms with Gasteiger partial charge in [-0.1, -0.05) is 11.6 Å². The van der Waals surface area contributed by atoms with Crippen molar-refractivity contribution in [2.45, 2.75) is 32.1 Å². The van der Waals surface area contributed by atoms with Crippen LogP contribution in [-0.2, 0) is 0 Å². The number of hydrogen-bond donors (Lipinski definition) is 0. The standard InChI is InChI=1S/C15H17ClOS/c16-13-2-1-12(18-13)15(17)14-10-4-8-3-9(6-10)7-11(14)5-8/h1-2,8-11,14H,3-7H2. The van der Waals surface area contributed by atoms with Gasteiger partial charge in [-0.2, -0.15) is 0 Å². The molecule has 18 heavy (non-hydrogen) atoms. The largest absolute Gasteiger partial charge is 0.293 e. The van der Waals surface area contributed by atoms with Gasteiger partial charge >= 0.3 is 0 Å². The van der Waals surface area contributed by atoms with E-state index >= 15 is 0 Å². The normalized spacial score (nSPS) is 41.3. The first kappa shape index (κ1) is 11.5. The summed E-state index contributed by atoms with van der Waals surface area (Å²) in [5, 5.41) is 0. The Morgan fingerprint density at radius 1 is 1.06 bits per heavy atom. The molecule has 1 heterocycles. The van der Waals surface area contributed by atoms with Crippen molar-refractivity contribution >= 4 is 28.7 Å². The average Bonchev–Trinajstić information content (AvgIpc) is 2.74. The van der Waals surface area contributed by atoms with E-state index < -0.39 is 0 Å². The fraction of sp³-hybridized carbons (Fsp3) is 0.667. The van der Waals surface area contributed by atoms with Gasteiger partial charge in [0, 0.05) is 5.92 Å². The molecule has 0 aromatic carbocycles.